The molecule has 124 valence electrons. The fourth-order valence-electron chi connectivity index (χ4n) is 2.07. The van der Waals surface area contributed by atoms with Crippen molar-refractivity contribution in [1.82, 2.24) is 0 Å². The van der Waals surface area contributed by atoms with Gasteiger partial charge in [-0.1, -0.05) is 54.4 Å². The second-order valence-electron chi connectivity index (χ2n) is 6.23. The molecule has 0 radical (unpaired) electrons. The van der Waals surface area contributed by atoms with Gasteiger partial charge in [0, 0.05) is 0 Å². The van der Waals surface area contributed by atoms with E-state index in [1.807, 2.05) is 13.8 Å². The van der Waals surface area contributed by atoms with Gasteiger partial charge in [0.25, 0.3) is 0 Å². The molecule has 2 aliphatic carbocycles. The van der Waals surface area contributed by atoms with Crippen LogP contribution in [0.1, 0.15) is 81.6 Å². The first-order valence-electron chi connectivity index (χ1n) is 7.82. The van der Waals surface area contributed by atoms with E-state index >= 15 is 0 Å². The fourth-order valence-corrected chi connectivity index (χ4v) is 2.07. The van der Waals surface area contributed by atoms with Crippen molar-refractivity contribution in [3.05, 3.63) is 0 Å². The average Bonchev–Trinajstić information content (AvgIpc) is 3.20. The molecule has 0 N–H and O–H groups in total. The molecule has 0 aromatic rings. The molecule has 0 aromatic carbocycles. The zero-order chi connectivity index (χ0) is 13.6. The van der Waals surface area contributed by atoms with Crippen LogP contribution in [0.25, 0.3) is 0 Å². The highest BCUT2D eigenvalue weighted by Crippen LogP contribution is 2.49. The Bertz CT molecular complexity index is 205. The van der Waals surface area contributed by atoms with Crippen molar-refractivity contribution in [1.29, 1.82) is 0 Å². The van der Waals surface area contributed by atoms with Crippen LogP contribution >= 0.6 is 0 Å². The highest BCUT2D eigenvalue weighted by atomic mass is 16.6. The Balaban J connectivity index is 0. The SMILES string of the molecule is C.C.C1CCC2CC2C1.CC.CC1(C)CO1.CC1CO1. The van der Waals surface area contributed by atoms with Crippen LogP contribution in [0.3, 0.4) is 0 Å². The van der Waals surface area contributed by atoms with Crippen molar-refractivity contribution in [3.8, 4) is 0 Å². The third-order valence-electron chi connectivity index (χ3n) is 3.69. The quantitative estimate of drug-likeness (QED) is 0.534. The Kier molecular flexibility index (Phi) is 11.8. The number of hydrogen-bond acceptors (Lipinski definition) is 2. The third kappa shape index (κ3) is 11.7. The molecule has 3 unspecified atom stereocenters. The van der Waals surface area contributed by atoms with E-state index in [1.165, 1.54) is 24.7 Å². The largest absolute Gasteiger partial charge is 0.373 e. The summed E-state index contributed by atoms with van der Waals surface area (Å²) in [6, 6.07) is 0. The Morgan fingerprint density at radius 1 is 0.950 bits per heavy atom. The first-order valence-corrected chi connectivity index (χ1v) is 7.82. The smallest absolute Gasteiger partial charge is 0.0860 e. The Labute approximate surface area is 128 Å². The first kappa shape index (κ1) is 22.2. The zero-order valence-electron chi connectivity index (χ0n) is 13.0. The van der Waals surface area contributed by atoms with E-state index in [2.05, 4.69) is 20.8 Å². The minimum Gasteiger partial charge on any atom is -0.373 e. The van der Waals surface area contributed by atoms with Crippen molar-refractivity contribution in [2.45, 2.75) is 93.3 Å². The lowest BCUT2D eigenvalue weighted by Gasteiger charge is -2.05. The topological polar surface area (TPSA) is 25.1 Å². The van der Waals surface area contributed by atoms with Gasteiger partial charge in [0.1, 0.15) is 0 Å². The van der Waals surface area contributed by atoms with Crippen LogP contribution in [0.4, 0.5) is 0 Å². The summed E-state index contributed by atoms with van der Waals surface area (Å²) in [4.78, 5) is 0. The van der Waals surface area contributed by atoms with Gasteiger partial charge < -0.3 is 9.47 Å². The highest BCUT2D eigenvalue weighted by molar-refractivity contribution is 4.88. The van der Waals surface area contributed by atoms with Crippen molar-refractivity contribution in [2.75, 3.05) is 13.2 Å². The van der Waals surface area contributed by atoms with Crippen molar-refractivity contribution < 1.29 is 9.47 Å². The van der Waals surface area contributed by atoms with Gasteiger partial charge in [-0.3, -0.25) is 0 Å². The summed E-state index contributed by atoms with van der Waals surface area (Å²) < 4.78 is 9.60. The number of hydrogen-bond donors (Lipinski definition) is 0. The summed E-state index contributed by atoms with van der Waals surface area (Å²) in [6.07, 6.45) is 8.34. The molecule has 4 rings (SSSR count). The monoisotopic (exact) mass is 288 g/mol. The van der Waals surface area contributed by atoms with Gasteiger partial charge in [0.15, 0.2) is 0 Å². The van der Waals surface area contributed by atoms with Gasteiger partial charge in [-0.15, -0.1) is 0 Å². The zero-order valence-corrected chi connectivity index (χ0v) is 13.0. The number of ether oxygens (including phenoxy) is 2. The van der Waals surface area contributed by atoms with Crippen LogP contribution in [-0.4, -0.2) is 24.9 Å². The molecule has 4 fully saturated rings. The standard InChI is InChI=1S/C7H12.C4H8O.C3H6O.C2H6.2CH4/c1-2-4-7-5-6(7)3-1;1-4(2)3-5-4;1-3-2-4-3;1-2;;/h6-7H,1-5H2;3H2,1-2H3;3H,2H2,1H3;1-2H3;2*1H4. The predicted octanol–water partition coefficient (Wildman–Crippen LogP) is 5.70. The lowest BCUT2D eigenvalue weighted by molar-refractivity contribution is 0.344. The number of epoxide rings is 2. The van der Waals surface area contributed by atoms with E-state index in [9.17, 15) is 0 Å². The lowest BCUT2D eigenvalue weighted by atomic mass is 10.0. The van der Waals surface area contributed by atoms with Crippen LogP contribution in [0.2, 0.25) is 0 Å². The lowest BCUT2D eigenvalue weighted by Crippen LogP contribution is -1.91. The van der Waals surface area contributed by atoms with Crippen LogP contribution < -0.4 is 0 Å². The molecule has 20 heavy (non-hydrogen) atoms. The molecular formula is C18H40O2. The Hall–Kier alpha value is -0.0800. The second-order valence-corrected chi connectivity index (χ2v) is 6.23. The third-order valence-corrected chi connectivity index (χ3v) is 3.69. The van der Waals surface area contributed by atoms with Crippen molar-refractivity contribution in [2.24, 2.45) is 11.8 Å². The maximum absolute atomic E-state index is 4.90. The number of rotatable bonds is 0. The molecular weight excluding hydrogens is 248 g/mol. The maximum atomic E-state index is 4.90. The van der Waals surface area contributed by atoms with E-state index in [4.69, 9.17) is 9.47 Å². The molecule has 2 heteroatoms. The molecule has 3 atom stereocenters. The number of fused-ring (bicyclic) bond motifs is 1. The van der Waals surface area contributed by atoms with Gasteiger partial charge in [0.2, 0.25) is 0 Å². The van der Waals surface area contributed by atoms with Crippen LogP contribution in [0.5, 0.6) is 0 Å². The summed E-state index contributed by atoms with van der Waals surface area (Å²) in [5.41, 5.74) is 0.250. The molecule has 2 aliphatic heterocycles. The van der Waals surface area contributed by atoms with E-state index in [1.54, 1.807) is 19.3 Å². The molecule has 2 nitrogen and oxygen atoms in total. The first-order chi connectivity index (χ1) is 8.57. The van der Waals surface area contributed by atoms with Gasteiger partial charge in [0.05, 0.1) is 24.9 Å². The van der Waals surface area contributed by atoms with E-state index < -0.39 is 0 Å². The van der Waals surface area contributed by atoms with Gasteiger partial charge >= 0.3 is 0 Å². The highest BCUT2D eigenvalue weighted by Gasteiger charge is 2.37. The van der Waals surface area contributed by atoms with Crippen LogP contribution in [0.15, 0.2) is 0 Å². The molecule has 2 heterocycles. The van der Waals surface area contributed by atoms with Crippen molar-refractivity contribution in [3.63, 3.8) is 0 Å². The summed E-state index contributed by atoms with van der Waals surface area (Å²) in [5.74, 6) is 2.41. The molecule has 0 bridgehead atoms. The minimum absolute atomic E-state index is 0. The van der Waals surface area contributed by atoms with E-state index in [0.29, 0.717) is 6.10 Å². The minimum atomic E-state index is 0. The molecule has 2 saturated heterocycles. The predicted molar refractivity (Wildman–Crippen MR) is 90.3 cm³/mol. The molecule has 4 aliphatic rings. The Morgan fingerprint density at radius 2 is 1.25 bits per heavy atom. The van der Waals surface area contributed by atoms with Crippen LogP contribution in [-0.2, 0) is 9.47 Å². The van der Waals surface area contributed by atoms with E-state index in [0.717, 1.165) is 13.2 Å². The fraction of sp³-hybridized carbons (Fsp3) is 1.00. The molecule has 2 saturated carbocycles. The summed E-state index contributed by atoms with van der Waals surface area (Å²) in [5, 5.41) is 0. The van der Waals surface area contributed by atoms with Crippen LogP contribution in [0, 0.1) is 11.8 Å². The summed E-state index contributed by atoms with van der Waals surface area (Å²) in [6.45, 7) is 12.1. The molecule has 0 amide bonds. The van der Waals surface area contributed by atoms with E-state index in [-0.39, 0.29) is 20.5 Å². The molecule has 0 aromatic heterocycles. The summed E-state index contributed by atoms with van der Waals surface area (Å²) >= 11 is 0. The van der Waals surface area contributed by atoms with Gasteiger partial charge in [-0.25, -0.2) is 0 Å². The summed E-state index contributed by atoms with van der Waals surface area (Å²) in [7, 11) is 0. The Morgan fingerprint density at radius 3 is 1.40 bits per heavy atom. The van der Waals surface area contributed by atoms with Gasteiger partial charge in [-0.2, -0.15) is 0 Å². The molecule has 0 spiro atoms. The second kappa shape index (κ2) is 10.6. The van der Waals surface area contributed by atoms with Crippen molar-refractivity contribution >= 4 is 0 Å². The average molecular weight is 289 g/mol. The normalized spacial score (nSPS) is 32.5. The van der Waals surface area contributed by atoms with Gasteiger partial charge in [-0.05, 0) is 39.0 Å². The maximum Gasteiger partial charge on any atom is 0.0860 e.